The summed E-state index contributed by atoms with van der Waals surface area (Å²) in [7, 11) is 0. The van der Waals surface area contributed by atoms with E-state index in [2.05, 4.69) is 16.9 Å². The molecule has 0 heterocycles. The van der Waals surface area contributed by atoms with Crippen LogP contribution < -0.4 is 11.1 Å². The van der Waals surface area contributed by atoms with Crippen molar-refractivity contribution < 1.29 is 4.79 Å². The van der Waals surface area contributed by atoms with E-state index in [4.69, 9.17) is 5.73 Å². The Balaban J connectivity index is 0. The molecule has 0 atom stereocenters. The molecular formula is C12H25IN4O. The summed E-state index contributed by atoms with van der Waals surface area (Å²) in [4.78, 5) is 17.5. The molecule has 0 aliphatic carbocycles. The van der Waals surface area contributed by atoms with Crippen LogP contribution in [0.15, 0.2) is 17.1 Å². The van der Waals surface area contributed by atoms with Gasteiger partial charge in [-0.2, -0.15) is 0 Å². The molecule has 6 heteroatoms. The van der Waals surface area contributed by atoms with Crippen LogP contribution >= 0.6 is 24.0 Å². The van der Waals surface area contributed by atoms with Crippen LogP contribution in [0.25, 0.3) is 0 Å². The Kier molecular flexibility index (Phi) is 12.3. The van der Waals surface area contributed by atoms with Crippen molar-refractivity contribution in [1.82, 2.24) is 10.2 Å². The number of carbonyl (C=O) groups excluding carboxylic acids is 1. The SMILES string of the molecule is C=C(C)CN=C(N)NCCC(=O)N(CC)CC.I. The summed E-state index contributed by atoms with van der Waals surface area (Å²) in [5.74, 6) is 0.496. The monoisotopic (exact) mass is 368 g/mol. The highest BCUT2D eigenvalue weighted by atomic mass is 127. The Morgan fingerprint density at radius 2 is 1.94 bits per heavy atom. The van der Waals surface area contributed by atoms with E-state index in [-0.39, 0.29) is 29.9 Å². The highest BCUT2D eigenvalue weighted by Gasteiger charge is 2.08. The smallest absolute Gasteiger partial charge is 0.224 e. The summed E-state index contributed by atoms with van der Waals surface area (Å²) in [5.41, 5.74) is 6.57. The number of nitrogens with zero attached hydrogens (tertiary/aromatic N) is 2. The van der Waals surface area contributed by atoms with Crippen LogP contribution in [-0.2, 0) is 4.79 Å². The molecule has 18 heavy (non-hydrogen) atoms. The first-order valence-corrected chi connectivity index (χ1v) is 5.97. The van der Waals surface area contributed by atoms with Crippen molar-refractivity contribution in [2.75, 3.05) is 26.2 Å². The second-order valence-corrected chi connectivity index (χ2v) is 3.90. The lowest BCUT2D eigenvalue weighted by Gasteiger charge is -2.18. The molecule has 0 rings (SSSR count). The van der Waals surface area contributed by atoms with Crippen molar-refractivity contribution in [3.8, 4) is 0 Å². The molecule has 106 valence electrons. The van der Waals surface area contributed by atoms with Crippen LogP contribution in [-0.4, -0.2) is 42.9 Å². The first-order chi connectivity index (χ1) is 8.01. The Labute approximate surface area is 127 Å². The lowest BCUT2D eigenvalue weighted by molar-refractivity contribution is -0.130. The third kappa shape index (κ3) is 9.26. The molecule has 0 unspecified atom stereocenters. The fourth-order valence-electron chi connectivity index (χ4n) is 1.31. The fraction of sp³-hybridized carbons (Fsp3) is 0.667. The molecule has 3 N–H and O–H groups in total. The summed E-state index contributed by atoms with van der Waals surface area (Å²) in [5, 5.41) is 2.91. The predicted octanol–water partition coefficient (Wildman–Crippen LogP) is 1.34. The minimum Gasteiger partial charge on any atom is -0.370 e. The van der Waals surface area contributed by atoms with Crippen molar-refractivity contribution >= 4 is 35.8 Å². The van der Waals surface area contributed by atoms with E-state index in [1.165, 1.54) is 0 Å². The molecular weight excluding hydrogens is 343 g/mol. The first-order valence-electron chi connectivity index (χ1n) is 5.97. The minimum atomic E-state index is 0. The summed E-state index contributed by atoms with van der Waals surface area (Å²) < 4.78 is 0. The van der Waals surface area contributed by atoms with Gasteiger partial charge in [-0.15, -0.1) is 24.0 Å². The van der Waals surface area contributed by atoms with Gasteiger partial charge in [-0.05, 0) is 20.8 Å². The summed E-state index contributed by atoms with van der Waals surface area (Å²) in [6.07, 6.45) is 0.435. The van der Waals surface area contributed by atoms with Crippen LogP contribution in [0.1, 0.15) is 27.2 Å². The molecule has 0 aromatic carbocycles. The van der Waals surface area contributed by atoms with Crippen molar-refractivity contribution in [1.29, 1.82) is 0 Å². The molecule has 0 saturated heterocycles. The predicted molar refractivity (Wildman–Crippen MR) is 87.3 cm³/mol. The maximum absolute atomic E-state index is 11.6. The van der Waals surface area contributed by atoms with Gasteiger partial charge in [0.15, 0.2) is 5.96 Å². The van der Waals surface area contributed by atoms with E-state index in [1.807, 2.05) is 20.8 Å². The molecule has 0 aromatic rings. The van der Waals surface area contributed by atoms with Crippen molar-refractivity contribution in [2.45, 2.75) is 27.2 Å². The molecule has 5 nitrogen and oxygen atoms in total. The topological polar surface area (TPSA) is 70.7 Å². The van der Waals surface area contributed by atoms with E-state index in [0.717, 1.165) is 18.7 Å². The van der Waals surface area contributed by atoms with Crippen molar-refractivity contribution in [3.63, 3.8) is 0 Å². The van der Waals surface area contributed by atoms with E-state index >= 15 is 0 Å². The molecule has 0 aliphatic heterocycles. The van der Waals surface area contributed by atoms with Crippen LogP contribution in [0.4, 0.5) is 0 Å². The quantitative estimate of drug-likeness (QED) is 0.308. The van der Waals surface area contributed by atoms with Crippen LogP contribution in [0, 0.1) is 0 Å². The average Bonchev–Trinajstić information content (AvgIpc) is 2.28. The fourth-order valence-corrected chi connectivity index (χ4v) is 1.31. The second-order valence-electron chi connectivity index (χ2n) is 3.90. The Bertz CT molecular complexity index is 288. The van der Waals surface area contributed by atoms with E-state index < -0.39 is 0 Å². The second kappa shape index (κ2) is 11.3. The summed E-state index contributed by atoms with van der Waals surface area (Å²) in [6.45, 7) is 12.1. The Hall–Kier alpha value is -0.790. The van der Waals surface area contributed by atoms with Crippen molar-refractivity contribution in [2.24, 2.45) is 10.7 Å². The minimum absolute atomic E-state index is 0. The molecule has 0 radical (unpaired) electrons. The van der Waals surface area contributed by atoms with Gasteiger partial charge in [0.05, 0.1) is 6.54 Å². The van der Waals surface area contributed by atoms with Crippen molar-refractivity contribution in [3.05, 3.63) is 12.2 Å². The molecule has 0 saturated carbocycles. The average molecular weight is 368 g/mol. The summed E-state index contributed by atoms with van der Waals surface area (Å²) >= 11 is 0. The maximum atomic E-state index is 11.6. The lowest BCUT2D eigenvalue weighted by Crippen LogP contribution is -2.37. The number of hydrogen-bond acceptors (Lipinski definition) is 2. The van der Waals surface area contributed by atoms with Gasteiger partial charge in [-0.25, -0.2) is 4.99 Å². The van der Waals surface area contributed by atoms with Crippen LogP contribution in [0.3, 0.4) is 0 Å². The van der Waals surface area contributed by atoms with Gasteiger partial charge in [0, 0.05) is 26.1 Å². The van der Waals surface area contributed by atoms with Gasteiger partial charge in [0.1, 0.15) is 0 Å². The number of nitrogens with two attached hydrogens (primary N) is 1. The summed E-state index contributed by atoms with van der Waals surface area (Å²) in [6, 6.07) is 0. The lowest BCUT2D eigenvalue weighted by atomic mass is 10.3. The zero-order valence-corrected chi connectivity index (χ0v) is 13.9. The number of guanidine groups is 1. The molecule has 1 amide bonds. The van der Waals surface area contributed by atoms with Crippen LogP contribution in [0.2, 0.25) is 0 Å². The van der Waals surface area contributed by atoms with E-state index in [1.54, 1.807) is 4.90 Å². The number of rotatable bonds is 7. The normalized spacial score (nSPS) is 10.5. The number of amides is 1. The van der Waals surface area contributed by atoms with Gasteiger partial charge in [-0.3, -0.25) is 4.79 Å². The zero-order chi connectivity index (χ0) is 13.3. The van der Waals surface area contributed by atoms with Gasteiger partial charge >= 0.3 is 0 Å². The zero-order valence-electron chi connectivity index (χ0n) is 11.5. The highest BCUT2D eigenvalue weighted by Crippen LogP contribution is 1.92. The first kappa shape index (κ1) is 19.5. The molecule has 0 fully saturated rings. The molecule has 0 aromatic heterocycles. The van der Waals surface area contributed by atoms with Gasteiger partial charge in [-0.1, -0.05) is 12.2 Å². The third-order valence-electron chi connectivity index (χ3n) is 2.28. The molecule has 0 bridgehead atoms. The highest BCUT2D eigenvalue weighted by molar-refractivity contribution is 14.0. The number of hydrogen-bond donors (Lipinski definition) is 2. The largest absolute Gasteiger partial charge is 0.370 e. The molecule has 0 aliphatic rings. The van der Waals surface area contributed by atoms with Gasteiger partial charge in [0.25, 0.3) is 0 Å². The van der Waals surface area contributed by atoms with Crippen LogP contribution in [0.5, 0.6) is 0 Å². The van der Waals surface area contributed by atoms with E-state index in [0.29, 0.717) is 25.5 Å². The standard InChI is InChI=1S/C12H24N4O.HI/c1-5-16(6-2)11(17)7-8-14-12(13)15-9-10(3)4;/h3,5-9H2,1-2,4H3,(H3,13,14,15);1H. The third-order valence-corrected chi connectivity index (χ3v) is 2.28. The number of carbonyl (C=O) groups is 1. The van der Waals surface area contributed by atoms with E-state index in [9.17, 15) is 4.79 Å². The number of halogens is 1. The molecule has 0 spiro atoms. The van der Waals surface area contributed by atoms with Gasteiger partial charge < -0.3 is 16.0 Å². The Morgan fingerprint density at radius 1 is 1.39 bits per heavy atom. The number of aliphatic imine (C=N–C) groups is 1. The number of nitrogens with one attached hydrogen (secondary N) is 1. The van der Waals surface area contributed by atoms with Gasteiger partial charge in [0.2, 0.25) is 5.91 Å². The maximum Gasteiger partial charge on any atom is 0.224 e. The Morgan fingerprint density at radius 3 is 2.39 bits per heavy atom.